The first kappa shape index (κ1) is 23.8. The smallest absolute Gasteiger partial charge is 0.0849 e. The van der Waals surface area contributed by atoms with E-state index < -0.39 is 11.7 Å². The Kier molecular flexibility index (Phi) is 7.37. The first-order valence-electron chi connectivity index (χ1n) is 12.2. The summed E-state index contributed by atoms with van der Waals surface area (Å²) in [6, 6.07) is 0. The zero-order chi connectivity index (χ0) is 22.1. The number of aliphatic hydroxyl groups excluding tert-OH is 2. The molecule has 0 bridgehead atoms. The van der Waals surface area contributed by atoms with E-state index in [-0.39, 0.29) is 6.10 Å². The van der Waals surface area contributed by atoms with Gasteiger partial charge in [0.15, 0.2) is 0 Å². The van der Waals surface area contributed by atoms with E-state index in [2.05, 4.69) is 32.6 Å². The van der Waals surface area contributed by atoms with E-state index in [0.717, 1.165) is 25.7 Å². The highest BCUT2D eigenvalue weighted by molar-refractivity contribution is 5.36. The van der Waals surface area contributed by atoms with Crippen molar-refractivity contribution in [2.24, 2.45) is 23.2 Å². The molecule has 0 aromatic heterocycles. The van der Waals surface area contributed by atoms with E-state index in [1.54, 1.807) is 19.4 Å². The molecular formula is C27H44O3. The average Bonchev–Trinajstić information content (AvgIpc) is 3.03. The van der Waals surface area contributed by atoms with Crippen LogP contribution in [0.15, 0.2) is 35.5 Å². The predicted molar refractivity (Wildman–Crippen MR) is 124 cm³/mol. The van der Waals surface area contributed by atoms with Crippen molar-refractivity contribution in [2.45, 2.75) is 110 Å². The van der Waals surface area contributed by atoms with Crippen molar-refractivity contribution in [2.75, 3.05) is 0 Å². The molecule has 0 aromatic rings. The molecule has 0 spiro atoms. The molecule has 0 radical (unpaired) electrons. The Labute approximate surface area is 184 Å². The third kappa shape index (κ3) is 5.11. The van der Waals surface area contributed by atoms with Crippen molar-refractivity contribution in [1.82, 2.24) is 0 Å². The van der Waals surface area contributed by atoms with Crippen LogP contribution in [0, 0.1) is 23.2 Å². The van der Waals surface area contributed by atoms with E-state index in [1.807, 2.05) is 0 Å². The molecule has 3 aliphatic rings. The lowest BCUT2D eigenvalue weighted by Gasteiger charge is -2.44. The molecule has 3 heteroatoms. The molecule has 0 aliphatic heterocycles. The predicted octanol–water partition coefficient (Wildman–Crippen LogP) is 5.70. The molecule has 0 heterocycles. The number of fused-ring (bicyclic) bond motifs is 1. The number of allylic oxidation sites excluding steroid dienone is 4. The molecule has 0 amide bonds. The number of hydrogen-bond donors (Lipinski definition) is 3. The molecule has 3 saturated carbocycles. The zero-order valence-electron chi connectivity index (χ0n) is 19.7. The standard InChI is InChI=1S/C27H44O3/c1-18-8-12-22(28)17-21(18)11-10-20-7-6-16-27(5)23(13-14-24(20)27)19(2)9-15-25(29)26(3,4)30/h10-11,19,22-25,28-30H,1,6-9,12-17H2,2-5H3/b20-10+,21-11-/t19-,22+,23-,24+,25+,27-/m1/s1. The number of hydrogen-bond acceptors (Lipinski definition) is 3. The van der Waals surface area contributed by atoms with Gasteiger partial charge in [0.1, 0.15) is 0 Å². The number of rotatable bonds is 6. The second kappa shape index (κ2) is 9.30. The topological polar surface area (TPSA) is 60.7 Å². The summed E-state index contributed by atoms with van der Waals surface area (Å²) >= 11 is 0. The van der Waals surface area contributed by atoms with Crippen LogP contribution < -0.4 is 0 Å². The van der Waals surface area contributed by atoms with Crippen LogP contribution in [0.2, 0.25) is 0 Å². The Bertz CT molecular complexity index is 683. The molecule has 3 aliphatic carbocycles. The van der Waals surface area contributed by atoms with Crippen molar-refractivity contribution in [3.8, 4) is 0 Å². The average molecular weight is 417 g/mol. The van der Waals surface area contributed by atoms with Gasteiger partial charge in [-0.25, -0.2) is 0 Å². The molecule has 170 valence electrons. The lowest BCUT2D eigenvalue weighted by molar-refractivity contribution is -0.0554. The SMILES string of the molecule is C=C1CC[C@H](O)C/C1=C/C=C1\CCC[C@]2(C)[C@@H]([C@H](C)CC[C@H](O)C(C)(C)O)CC[C@@H]12. The second-order valence-corrected chi connectivity index (χ2v) is 11.3. The van der Waals surface area contributed by atoms with Gasteiger partial charge in [-0.1, -0.05) is 43.7 Å². The normalized spacial score (nSPS) is 37.4. The highest BCUT2D eigenvalue weighted by Crippen LogP contribution is 2.60. The van der Waals surface area contributed by atoms with Gasteiger partial charge in [0.05, 0.1) is 17.8 Å². The monoisotopic (exact) mass is 416 g/mol. The van der Waals surface area contributed by atoms with Gasteiger partial charge in [0, 0.05) is 0 Å². The fourth-order valence-corrected chi connectivity index (χ4v) is 6.58. The zero-order valence-corrected chi connectivity index (χ0v) is 19.7. The van der Waals surface area contributed by atoms with Crippen molar-refractivity contribution >= 4 is 0 Å². The van der Waals surface area contributed by atoms with Crippen LogP contribution in [-0.4, -0.2) is 33.1 Å². The van der Waals surface area contributed by atoms with Crippen molar-refractivity contribution in [3.63, 3.8) is 0 Å². The summed E-state index contributed by atoms with van der Waals surface area (Å²) in [5, 5.41) is 30.3. The van der Waals surface area contributed by atoms with Gasteiger partial charge < -0.3 is 15.3 Å². The van der Waals surface area contributed by atoms with Crippen molar-refractivity contribution in [1.29, 1.82) is 0 Å². The Morgan fingerprint density at radius 3 is 2.60 bits per heavy atom. The van der Waals surface area contributed by atoms with Crippen LogP contribution in [0.5, 0.6) is 0 Å². The largest absolute Gasteiger partial charge is 0.393 e. The molecular weight excluding hydrogens is 372 g/mol. The highest BCUT2D eigenvalue weighted by atomic mass is 16.3. The highest BCUT2D eigenvalue weighted by Gasteiger charge is 2.50. The maximum absolute atomic E-state index is 10.3. The van der Waals surface area contributed by atoms with Crippen LogP contribution >= 0.6 is 0 Å². The first-order valence-corrected chi connectivity index (χ1v) is 12.2. The van der Waals surface area contributed by atoms with E-state index in [4.69, 9.17) is 0 Å². The molecule has 3 rings (SSSR count). The minimum atomic E-state index is -1.02. The van der Waals surface area contributed by atoms with Crippen LogP contribution in [0.1, 0.15) is 91.9 Å². The second-order valence-electron chi connectivity index (χ2n) is 11.3. The Morgan fingerprint density at radius 1 is 1.17 bits per heavy atom. The van der Waals surface area contributed by atoms with E-state index in [0.29, 0.717) is 29.6 Å². The quantitative estimate of drug-likeness (QED) is 0.520. The summed E-state index contributed by atoms with van der Waals surface area (Å²) in [5.74, 6) is 1.89. The van der Waals surface area contributed by atoms with E-state index in [9.17, 15) is 15.3 Å². The molecule has 0 aromatic carbocycles. The van der Waals surface area contributed by atoms with Gasteiger partial charge in [-0.3, -0.25) is 0 Å². The number of aliphatic hydroxyl groups is 3. The molecule has 0 unspecified atom stereocenters. The van der Waals surface area contributed by atoms with Gasteiger partial charge >= 0.3 is 0 Å². The lowest BCUT2D eigenvalue weighted by Crippen LogP contribution is -2.38. The summed E-state index contributed by atoms with van der Waals surface area (Å²) in [5.41, 5.74) is 3.34. The van der Waals surface area contributed by atoms with Crippen LogP contribution in [0.25, 0.3) is 0 Å². The summed E-state index contributed by atoms with van der Waals surface area (Å²) in [4.78, 5) is 0. The maximum atomic E-state index is 10.3. The summed E-state index contributed by atoms with van der Waals surface area (Å²) in [6.07, 6.45) is 14.1. The fourth-order valence-electron chi connectivity index (χ4n) is 6.58. The molecule has 6 atom stereocenters. The molecule has 30 heavy (non-hydrogen) atoms. The van der Waals surface area contributed by atoms with Gasteiger partial charge in [-0.2, -0.15) is 0 Å². The third-order valence-electron chi connectivity index (χ3n) is 8.62. The van der Waals surface area contributed by atoms with Crippen molar-refractivity contribution in [3.05, 3.63) is 35.5 Å². The molecule has 0 saturated heterocycles. The third-order valence-corrected chi connectivity index (χ3v) is 8.62. The van der Waals surface area contributed by atoms with Crippen molar-refractivity contribution < 1.29 is 15.3 Å². The van der Waals surface area contributed by atoms with Crippen LogP contribution in [0.3, 0.4) is 0 Å². The Morgan fingerprint density at radius 2 is 1.90 bits per heavy atom. The lowest BCUT2D eigenvalue weighted by atomic mass is 9.60. The summed E-state index contributed by atoms with van der Waals surface area (Å²) < 4.78 is 0. The summed E-state index contributed by atoms with van der Waals surface area (Å²) in [6.45, 7) is 12.5. The van der Waals surface area contributed by atoms with Gasteiger partial charge in [0.25, 0.3) is 0 Å². The molecule has 3 nitrogen and oxygen atoms in total. The maximum Gasteiger partial charge on any atom is 0.0849 e. The van der Waals surface area contributed by atoms with E-state index in [1.165, 1.54) is 43.3 Å². The van der Waals surface area contributed by atoms with E-state index >= 15 is 0 Å². The molecule has 3 fully saturated rings. The van der Waals surface area contributed by atoms with Crippen LogP contribution in [0.4, 0.5) is 0 Å². The van der Waals surface area contributed by atoms with Crippen LogP contribution in [-0.2, 0) is 0 Å². The van der Waals surface area contributed by atoms with Gasteiger partial charge in [-0.15, -0.1) is 0 Å². The summed E-state index contributed by atoms with van der Waals surface area (Å²) in [7, 11) is 0. The van der Waals surface area contributed by atoms with Gasteiger partial charge in [0.2, 0.25) is 0 Å². The van der Waals surface area contributed by atoms with Gasteiger partial charge in [-0.05, 0) is 107 Å². The Balaban J connectivity index is 1.69. The first-order chi connectivity index (χ1) is 14.0. The Hall–Kier alpha value is -0.900. The molecule has 3 N–H and O–H groups in total. The minimum Gasteiger partial charge on any atom is -0.393 e. The fraction of sp³-hybridized carbons (Fsp3) is 0.778. The minimum absolute atomic E-state index is 0.215.